The lowest BCUT2D eigenvalue weighted by atomic mass is 10.2. The van der Waals surface area contributed by atoms with Crippen LogP contribution in [0.1, 0.15) is 34.6 Å². The standard InChI is InChI=1S/C23H21ClN4O3/c1-15-13-20(29)22(26-28(15)19-10-6-17(24)7-11-19)23(31)25-14-16-4-8-18(9-5-16)27-12-2-3-21(27)30/h4-11,13H,2-3,12,14H2,1H3,(H,25,31). The van der Waals surface area contributed by atoms with Gasteiger partial charge in [-0.3, -0.25) is 14.4 Å². The number of nitrogens with one attached hydrogen (secondary N) is 1. The maximum absolute atomic E-state index is 12.6. The quantitative estimate of drug-likeness (QED) is 0.665. The molecule has 3 aromatic rings. The van der Waals surface area contributed by atoms with E-state index in [1.807, 2.05) is 24.3 Å². The average molecular weight is 437 g/mol. The third kappa shape index (κ3) is 4.51. The smallest absolute Gasteiger partial charge is 0.276 e. The van der Waals surface area contributed by atoms with Crippen molar-refractivity contribution >= 4 is 29.1 Å². The van der Waals surface area contributed by atoms with Crippen molar-refractivity contribution in [1.29, 1.82) is 0 Å². The van der Waals surface area contributed by atoms with Crippen LogP contribution < -0.4 is 15.6 Å². The molecule has 1 aliphatic heterocycles. The van der Waals surface area contributed by atoms with E-state index in [9.17, 15) is 14.4 Å². The Labute approximate surface area is 184 Å². The number of aryl methyl sites for hydroxylation is 1. The highest BCUT2D eigenvalue weighted by Crippen LogP contribution is 2.21. The molecule has 0 spiro atoms. The minimum atomic E-state index is -0.550. The van der Waals surface area contributed by atoms with Crippen molar-refractivity contribution in [2.45, 2.75) is 26.3 Å². The molecule has 158 valence electrons. The number of rotatable bonds is 5. The summed E-state index contributed by atoms with van der Waals surface area (Å²) in [7, 11) is 0. The highest BCUT2D eigenvalue weighted by atomic mass is 35.5. The minimum absolute atomic E-state index is 0.128. The van der Waals surface area contributed by atoms with E-state index in [4.69, 9.17) is 11.6 Å². The van der Waals surface area contributed by atoms with Gasteiger partial charge in [0.2, 0.25) is 11.3 Å². The summed E-state index contributed by atoms with van der Waals surface area (Å²) in [6, 6.07) is 15.8. The molecule has 2 aromatic carbocycles. The van der Waals surface area contributed by atoms with Crippen LogP contribution >= 0.6 is 11.6 Å². The van der Waals surface area contributed by atoms with Gasteiger partial charge in [0, 0.05) is 42.0 Å². The molecule has 0 saturated carbocycles. The van der Waals surface area contributed by atoms with E-state index in [2.05, 4.69) is 10.4 Å². The fourth-order valence-corrected chi connectivity index (χ4v) is 3.66. The van der Waals surface area contributed by atoms with Crippen LogP contribution in [0.4, 0.5) is 5.69 Å². The Morgan fingerprint density at radius 1 is 1.06 bits per heavy atom. The molecular formula is C23H21ClN4O3. The maximum atomic E-state index is 12.6. The molecule has 0 bridgehead atoms. The van der Waals surface area contributed by atoms with Crippen molar-refractivity contribution in [2.24, 2.45) is 0 Å². The normalized spacial score (nSPS) is 13.5. The topological polar surface area (TPSA) is 84.3 Å². The third-order valence-electron chi connectivity index (χ3n) is 5.17. The number of hydrogen-bond acceptors (Lipinski definition) is 4. The Morgan fingerprint density at radius 3 is 2.39 bits per heavy atom. The molecule has 0 unspecified atom stereocenters. The Kier molecular flexibility index (Phi) is 5.86. The fourth-order valence-electron chi connectivity index (χ4n) is 3.53. The van der Waals surface area contributed by atoms with Gasteiger partial charge in [0.05, 0.1) is 5.69 Å². The molecule has 8 heteroatoms. The maximum Gasteiger partial charge on any atom is 0.276 e. The highest BCUT2D eigenvalue weighted by Gasteiger charge is 2.21. The number of amides is 2. The van der Waals surface area contributed by atoms with Crippen molar-refractivity contribution in [3.63, 3.8) is 0 Å². The van der Waals surface area contributed by atoms with Crippen LogP contribution in [0.25, 0.3) is 5.69 Å². The van der Waals surface area contributed by atoms with Gasteiger partial charge in [0.15, 0.2) is 5.69 Å². The Balaban J connectivity index is 1.48. The molecule has 1 fully saturated rings. The summed E-state index contributed by atoms with van der Waals surface area (Å²) in [5, 5.41) is 7.59. The first-order valence-corrected chi connectivity index (χ1v) is 10.3. The molecule has 1 aliphatic rings. The number of aromatic nitrogens is 2. The van der Waals surface area contributed by atoms with Crippen molar-refractivity contribution in [1.82, 2.24) is 15.1 Å². The summed E-state index contributed by atoms with van der Waals surface area (Å²) >= 11 is 5.94. The zero-order valence-corrected chi connectivity index (χ0v) is 17.7. The second-order valence-electron chi connectivity index (χ2n) is 7.38. The molecule has 1 N–H and O–H groups in total. The second kappa shape index (κ2) is 8.73. The Morgan fingerprint density at radius 2 is 1.74 bits per heavy atom. The highest BCUT2D eigenvalue weighted by molar-refractivity contribution is 6.30. The predicted octanol–water partition coefficient (Wildman–Crippen LogP) is 3.25. The van der Waals surface area contributed by atoms with Crippen molar-refractivity contribution in [3.8, 4) is 5.69 Å². The largest absolute Gasteiger partial charge is 0.346 e. The zero-order valence-electron chi connectivity index (χ0n) is 17.0. The first-order valence-electron chi connectivity index (χ1n) is 9.97. The van der Waals surface area contributed by atoms with Crippen molar-refractivity contribution < 1.29 is 9.59 Å². The first kappa shape index (κ1) is 20.8. The lowest BCUT2D eigenvalue weighted by molar-refractivity contribution is -0.117. The summed E-state index contributed by atoms with van der Waals surface area (Å²) in [6.45, 7) is 2.72. The molecule has 2 heterocycles. The van der Waals surface area contributed by atoms with Crippen molar-refractivity contribution in [3.05, 3.63) is 86.8 Å². The number of carbonyl (C=O) groups is 2. The Bertz CT molecular complexity index is 1190. The number of benzene rings is 2. The molecule has 4 rings (SSSR count). The minimum Gasteiger partial charge on any atom is -0.346 e. The van der Waals surface area contributed by atoms with Crippen LogP contribution in [0.15, 0.2) is 59.4 Å². The van der Waals surface area contributed by atoms with E-state index in [-0.39, 0.29) is 18.1 Å². The summed E-state index contributed by atoms with van der Waals surface area (Å²) < 4.78 is 1.54. The van der Waals surface area contributed by atoms with E-state index >= 15 is 0 Å². The molecule has 0 aliphatic carbocycles. The van der Waals surface area contributed by atoms with E-state index < -0.39 is 11.3 Å². The monoisotopic (exact) mass is 436 g/mol. The van der Waals surface area contributed by atoms with Crippen molar-refractivity contribution in [2.75, 3.05) is 11.4 Å². The number of halogens is 1. The van der Waals surface area contributed by atoms with Gasteiger partial charge in [0.25, 0.3) is 5.91 Å². The van der Waals surface area contributed by atoms with E-state index in [0.717, 1.165) is 24.2 Å². The molecule has 7 nitrogen and oxygen atoms in total. The van der Waals surface area contributed by atoms with Gasteiger partial charge in [-0.1, -0.05) is 23.7 Å². The zero-order chi connectivity index (χ0) is 22.0. The molecule has 1 aromatic heterocycles. The van der Waals surface area contributed by atoms with Gasteiger partial charge >= 0.3 is 0 Å². The van der Waals surface area contributed by atoms with E-state index in [1.54, 1.807) is 36.1 Å². The number of carbonyl (C=O) groups excluding carboxylic acids is 2. The summed E-state index contributed by atoms with van der Waals surface area (Å²) in [6.07, 6.45) is 1.45. The number of nitrogens with zero attached hydrogens (tertiary/aromatic N) is 3. The molecule has 2 amide bonds. The summed E-state index contributed by atoms with van der Waals surface area (Å²) in [5.41, 5.74) is 2.39. The van der Waals surface area contributed by atoms with Crippen LogP contribution in [-0.2, 0) is 11.3 Å². The molecule has 0 radical (unpaired) electrons. The molecular weight excluding hydrogens is 416 g/mol. The van der Waals surface area contributed by atoms with Gasteiger partial charge < -0.3 is 10.2 Å². The number of anilines is 1. The third-order valence-corrected chi connectivity index (χ3v) is 5.42. The molecule has 31 heavy (non-hydrogen) atoms. The lowest BCUT2D eigenvalue weighted by Gasteiger charge is -2.16. The van der Waals surface area contributed by atoms with Gasteiger partial charge in [-0.2, -0.15) is 5.10 Å². The fraction of sp³-hybridized carbons (Fsp3) is 0.217. The summed E-state index contributed by atoms with van der Waals surface area (Å²) in [4.78, 5) is 38.6. The first-order chi connectivity index (χ1) is 14.9. The van der Waals surface area contributed by atoms with Gasteiger partial charge in [-0.15, -0.1) is 0 Å². The Hall–Kier alpha value is -3.45. The SMILES string of the molecule is Cc1cc(=O)c(C(=O)NCc2ccc(N3CCCC3=O)cc2)nn1-c1ccc(Cl)cc1. The van der Waals surface area contributed by atoms with Crippen LogP contribution in [0.5, 0.6) is 0 Å². The predicted molar refractivity (Wildman–Crippen MR) is 119 cm³/mol. The van der Waals surface area contributed by atoms with Crippen LogP contribution in [0, 0.1) is 6.92 Å². The van der Waals surface area contributed by atoms with Crippen LogP contribution in [0.3, 0.4) is 0 Å². The van der Waals surface area contributed by atoms with Gasteiger partial charge in [-0.25, -0.2) is 4.68 Å². The summed E-state index contributed by atoms with van der Waals surface area (Å²) in [5.74, 6) is -0.421. The van der Waals surface area contributed by atoms with E-state index in [0.29, 0.717) is 22.8 Å². The molecule has 1 saturated heterocycles. The number of hydrogen-bond donors (Lipinski definition) is 1. The van der Waals surface area contributed by atoms with Gasteiger partial charge in [-0.05, 0) is 55.3 Å². The van der Waals surface area contributed by atoms with Gasteiger partial charge in [0.1, 0.15) is 0 Å². The van der Waals surface area contributed by atoms with E-state index in [1.165, 1.54) is 10.7 Å². The second-order valence-corrected chi connectivity index (χ2v) is 7.82. The van der Waals surface area contributed by atoms with Crippen LogP contribution in [-0.4, -0.2) is 28.1 Å². The average Bonchev–Trinajstić information content (AvgIpc) is 3.19. The molecule has 0 atom stereocenters. The lowest BCUT2D eigenvalue weighted by Crippen LogP contribution is -2.31. The van der Waals surface area contributed by atoms with Crippen LogP contribution in [0.2, 0.25) is 5.02 Å².